The second kappa shape index (κ2) is 24.1. The predicted octanol–water partition coefficient (Wildman–Crippen LogP) is -2.71. The average molecular weight is 874 g/mol. The van der Waals surface area contributed by atoms with E-state index < -0.39 is 90.7 Å². The van der Waals surface area contributed by atoms with Gasteiger partial charge in [-0.15, -0.1) is 0 Å². The number of nitrogens with one attached hydrogen (secondary N) is 2. The number of hydrogen-bond donors (Lipinski definition) is 10. The van der Waals surface area contributed by atoms with E-state index in [-0.39, 0.29) is 110 Å². The molecule has 8 atom stereocenters. The molecule has 0 saturated carbocycles. The van der Waals surface area contributed by atoms with Crippen LogP contribution in [0.25, 0.3) is 11.2 Å². The first-order chi connectivity index (χ1) is 24.9. The molecule has 57 heavy (non-hydrogen) atoms. The minimum absolute atomic E-state index is 0. The van der Waals surface area contributed by atoms with Crippen molar-refractivity contribution >= 4 is 126 Å². The molecule has 3 heterocycles. The Labute approximate surface area is 365 Å². The van der Waals surface area contributed by atoms with Gasteiger partial charge in [-0.05, 0) is 6.92 Å². The van der Waals surface area contributed by atoms with Crippen molar-refractivity contribution in [3.63, 3.8) is 0 Å². The number of carbonyl (C=O) groups is 3. The quantitative estimate of drug-likeness (QED) is 0.0346. The zero-order valence-corrected chi connectivity index (χ0v) is 35.3. The first-order valence-corrected chi connectivity index (χ1v) is 21.1. The van der Waals surface area contributed by atoms with E-state index in [1.54, 1.807) is 0 Å². The molecule has 0 spiro atoms. The number of hydrogen-bond acceptors (Lipinski definition) is 19. The van der Waals surface area contributed by atoms with Crippen molar-refractivity contribution in [2.24, 2.45) is 5.41 Å². The Balaban J connectivity index is 0.0000105. The van der Waals surface area contributed by atoms with Crippen LogP contribution >= 0.6 is 35.2 Å². The maximum absolute atomic E-state index is 12.6. The van der Waals surface area contributed by atoms with Crippen LogP contribution in [0.1, 0.15) is 39.8 Å². The van der Waals surface area contributed by atoms with Crippen LogP contribution in [-0.2, 0) is 50.7 Å². The third-order valence-corrected chi connectivity index (χ3v) is 11.2. The number of aliphatic hydroxyl groups is 3. The number of aliphatic hydroxyl groups excluding tert-OH is 3. The summed E-state index contributed by atoms with van der Waals surface area (Å²) in [6.45, 7) is 1.83. The summed E-state index contributed by atoms with van der Waals surface area (Å²) >= 11 is 0.939. The Bertz CT molecular complexity index is 1800. The van der Waals surface area contributed by atoms with Crippen molar-refractivity contribution in [2.45, 2.75) is 70.4 Å². The Morgan fingerprint density at radius 1 is 1.02 bits per heavy atom. The van der Waals surface area contributed by atoms with Gasteiger partial charge in [0.25, 0.3) is 0 Å². The smallest absolute Gasteiger partial charge is 0.393 e. The summed E-state index contributed by atoms with van der Waals surface area (Å²) in [6, 6.07) is 0. The van der Waals surface area contributed by atoms with Crippen molar-refractivity contribution in [3.8, 4) is 0 Å². The SMILES string of the molecule is CC(O)CC(=O)SCCNC(=O)CCNC(=O)[C@H](O)C(C)(C)COP(=O)(O)OP(=O)(O)OC[C@H]1O[C@@H](n2cnc3c(N)ncnc32)[C@H](O)[C@@H]1OP(=O)(O)O.[Li].[Li].[Li]. The van der Waals surface area contributed by atoms with E-state index in [4.69, 9.17) is 19.5 Å². The number of amides is 2. The number of phosphoric ester groups is 3. The van der Waals surface area contributed by atoms with E-state index in [9.17, 15) is 63.0 Å². The van der Waals surface area contributed by atoms with Gasteiger partial charge < -0.3 is 56.0 Å². The molecule has 0 aliphatic carbocycles. The van der Waals surface area contributed by atoms with Gasteiger partial charge in [-0.3, -0.25) is 32.5 Å². The number of rotatable bonds is 21. The van der Waals surface area contributed by atoms with Crippen molar-refractivity contribution in [1.82, 2.24) is 30.2 Å². The molecule has 2 aromatic rings. The Morgan fingerprint density at radius 3 is 2.26 bits per heavy atom. The van der Waals surface area contributed by atoms with Gasteiger partial charge in [-0.25, -0.2) is 28.6 Å². The number of nitrogens with two attached hydrogens (primary N) is 1. The molecule has 32 heteroatoms. The van der Waals surface area contributed by atoms with Crippen LogP contribution in [0.15, 0.2) is 12.7 Å². The van der Waals surface area contributed by atoms with Gasteiger partial charge in [-0.2, -0.15) is 4.31 Å². The first-order valence-electron chi connectivity index (χ1n) is 15.6. The maximum atomic E-state index is 12.6. The van der Waals surface area contributed by atoms with Gasteiger partial charge in [0.15, 0.2) is 22.8 Å². The van der Waals surface area contributed by atoms with E-state index in [0.717, 1.165) is 29.0 Å². The predicted molar refractivity (Wildman–Crippen MR) is 201 cm³/mol. The van der Waals surface area contributed by atoms with Gasteiger partial charge in [0.05, 0.1) is 25.6 Å². The largest absolute Gasteiger partial charge is 0.481 e. The van der Waals surface area contributed by atoms with Crippen LogP contribution in [0.2, 0.25) is 0 Å². The number of imidazole rings is 1. The monoisotopic (exact) mass is 874 g/mol. The Hall–Kier alpha value is -0.688. The fourth-order valence-corrected chi connectivity index (χ4v) is 8.22. The van der Waals surface area contributed by atoms with Crippen LogP contribution in [0.4, 0.5) is 5.82 Å². The number of aromatic nitrogens is 4. The van der Waals surface area contributed by atoms with Crippen molar-refractivity contribution in [1.29, 1.82) is 0 Å². The zero-order valence-electron chi connectivity index (χ0n) is 31.8. The van der Waals surface area contributed by atoms with Gasteiger partial charge >= 0.3 is 23.5 Å². The zero-order chi connectivity index (χ0) is 40.6. The van der Waals surface area contributed by atoms with Crippen LogP contribution in [0.5, 0.6) is 0 Å². The molecule has 2 amide bonds. The van der Waals surface area contributed by atoms with Crippen LogP contribution in [-0.4, -0.2) is 190 Å². The molecule has 309 valence electrons. The summed E-state index contributed by atoms with van der Waals surface area (Å²) in [5.41, 5.74) is 4.23. The standard InChI is InChI=1S/C25H42N7O18P3S.3Li/c1-13(33)8-16(35)54-7-6-27-15(34)4-5-28-23(38)20(37)25(2,3)10-47-53(44,45)50-52(42,43)46-9-14-19(49-51(39,40)41)18(36)24(48-14)32-12-31-17-21(26)29-11-30-22(17)32;;;/h11-14,18-20,24,33,36-37H,4-10H2,1-3H3,(H,27,34)(H,28,38)(H,42,43)(H,44,45)(H2,26,29,30)(H2,39,40,41);;;/t13?,14-,18-,19-,20+,24-;;;/m1.../s1. The molecule has 3 radical (unpaired) electrons. The number of anilines is 1. The topological polar surface area (TPSA) is 384 Å². The Morgan fingerprint density at radius 2 is 1.65 bits per heavy atom. The average Bonchev–Trinajstić information content (AvgIpc) is 3.60. The fourth-order valence-electron chi connectivity index (χ4n) is 4.60. The third kappa shape index (κ3) is 18.1. The van der Waals surface area contributed by atoms with E-state index in [1.807, 2.05) is 0 Å². The molecule has 1 saturated heterocycles. The second-order valence-electron chi connectivity index (χ2n) is 12.3. The number of phosphoric acid groups is 3. The molecule has 3 rings (SSSR count). The minimum atomic E-state index is -5.57. The maximum Gasteiger partial charge on any atom is 0.481 e. The molecule has 0 aromatic carbocycles. The molecule has 1 aliphatic rings. The number of nitrogen functional groups attached to an aromatic ring is 1. The van der Waals surface area contributed by atoms with Gasteiger partial charge in [0.2, 0.25) is 11.8 Å². The molecular weight excluding hydrogens is 832 g/mol. The number of nitrogens with zero attached hydrogens (tertiary/aromatic N) is 4. The molecule has 1 fully saturated rings. The fraction of sp³-hybridized carbons (Fsp3) is 0.680. The van der Waals surface area contributed by atoms with Crippen LogP contribution in [0, 0.1) is 5.41 Å². The molecule has 1 aliphatic heterocycles. The van der Waals surface area contributed by atoms with E-state index in [0.29, 0.717) is 0 Å². The molecule has 2 aromatic heterocycles. The Kier molecular flexibility index (Phi) is 23.8. The van der Waals surface area contributed by atoms with Crippen molar-refractivity contribution in [3.05, 3.63) is 12.7 Å². The number of fused-ring (bicyclic) bond motifs is 1. The van der Waals surface area contributed by atoms with Crippen molar-refractivity contribution in [2.75, 3.05) is 37.8 Å². The molecular formula is C25H42Li3N7O18P3S. The summed E-state index contributed by atoms with van der Waals surface area (Å²) in [6.07, 6.45) is -7.79. The molecule has 3 unspecified atom stereocenters. The van der Waals surface area contributed by atoms with Crippen LogP contribution < -0.4 is 16.4 Å². The number of ether oxygens (including phenoxy) is 1. The second-order valence-corrected chi connectivity index (χ2v) is 17.7. The van der Waals surface area contributed by atoms with Gasteiger partial charge in [0, 0.05) is 93.7 Å². The number of carbonyl (C=O) groups excluding carboxylic acids is 3. The summed E-state index contributed by atoms with van der Waals surface area (Å²) in [5, 5.41) is 35.2. The molecule has 0 bridgehead atoms. The summed E-state index contributed by atoms with van der Waals surface area (Å²) in [5.74, 6) is -1.25. The summed E-state index contributed by atoms with van der Waals surface area (Å²) < 4.78 is 61.9. The van der Waals surface area contributed by atoms with E-state index in [1.165, 1.54) is 20.8 Å². The van der Waals surface area contributed by atoms with Crippen LogP contribution in [0.3, 0.4) is 0 Å². The van der Waals surface area contributed by atoms with E-state index >= 15 is 0 Å². The summed E-state index contributed by atoms with van der Waals surface area (Å²) in [7, 11) is -16.4. The normalized spacial score (nSPS) is 21.4. The van der Waals surface area contributed by atoms with E-state index in [2.05, 4.69) is 34.4 Å². The van der Waals surface area contributed by atoms with Gasteiger partial charge in [0.1, 0.15) is 36.3 Å². The third-order valence-electron chi connectivity index (χ3n) is 7.23. The summed E-state index contributed by atoms with van der Waals surface area (Å²) in [4.78, 5) is 86.9. The molecule has 11 N–H and O–H groups in total. The minimum Gasteiger partial charge on any atom is -0.393 e. The van der Waals surface area contributed by atoms with Crippen molar-refractivity contribution < 1.29 is 85.6 Å². The first kappa shape index (κ1) is 56.3. The van der Waals surface area contributed by atoms with Gasteiger partial charge in [-0.1, -0.05) is 25.6 Å². The number of thioether (sulfide) groups is 1. The molecule has 25 nitrogen and oxygen atoms in total.